The smallest absolute Gasteiger partial charge is 0.244 e. The average Bonchev–Trinajstić information content (AvgIpc) is 2.29. The molecule has 0 bridgehead atoms. The Morgan fingerprint density at radius 1 is 1.32 bits per heavy atom. The van der Waals surface area contributed by atoms with Crippen LogP contribution in [-0.4, -0.2) is 26.4 Å². The largest absolute Gasteiger partial charge is 0.506 e. The molecule has 0 amide bonds. The number of carbonyl (C=O) groups excluding carboxylic acids is 1. The Bertz CT molecular complexity index is 617. The van der Waals surface area contributed by atoms with Gasteiger partial charge in [0.2, 0.25) is 10.0 Å². The van der Waals surface area contributed by atoms with Crippen molar-refractivity contribution in [1.82, 2.24) is 4.72 Å². The molecule has 0 unspecified atom stereocenters. The molecule has 0 aliphatic rings. The van der Waals surface area contributed by atoms with Gasteiger partial charge in [0.05, 0.1) is 5.56 Å². The van der Waals surface area contributed by atoms with Crippen LogP contribution in [0.15, 0.2) is 17.0 Å². The Morgan fingerprint density at radius 2 is 1.84 bits per heavy atom. The van der Waals surface area contributed by atoms with E-state index >= 15 is 0 Å². The van der Waals surface area contributed by atoms with Crippen LogP contribution >= 0.6 is 11.6 Å². The van der Waals surface area contributed by atoms with Crippen LogP contribution in [0.25, 0.3) is 0 Å². The first-order valence-electron chi connectivity index (χ1n) is 5.51. The van der Waals surface area contributed by atoms with E-state index in [1.807, 2.05) is 0 Å². The summed E-state index contributed by atoms with van der Waals surface area (Å²) in [5, 5.41) is 10.1. The Morgan fingerprint density at radius 3 is 2.26 bits per heavy atom. The van der Waals surface area contributed by atoms with Crippen LogP contribution in [0, 0.1) is 5.41 Å². The van der Waals surface area contributed by atoms with Crippen LogP contribution in [0.1, 0.15) is 31.1 Å². The molecular formula is C12H16ClNO4S. The van der Waals surface area contributed by atoms with Gasteiger partial charge in [0.1, 0.15) is 10.6 Å². The van der Waals surface area contributed by atoms with Crippen molar-refractivity contribution < 1.29 is 18.3 Å². The number of ketones is 1. The fourth-order valence-corrected chi connectivity index (χ4v) is 2.62. The number of phenolic OH excluding ortho intramolecular Hbond substituents is 1. The van der Waals surface area contributed by atoms with Crippen molar-refractivity contribution in [3.8, 4) is 5.75 Å². The molecule has 0 atom stereocenters. The summed E-state index contributed by atoms with van der Waals surface area (Å²) in [6.07, 6.45) is 0. The van der Waals surface area contributed by atoms with E-state index in [0.717, 1.165) is 6.07 Å². The molecule has 0 aliphatic heterocycles. The molecule has 0 radical (unpaired) electrons. The predicted octanol–water partition coefficient (Wildman–Crippen LogP) is 2.18. The number of phenols is 1. The molecule has 0 spiro atoms. The quantitative estimate of drug-likeness (QED) is 0.838. The minimum absolute atomic E-state index is 0.0687. The van der Waals surface area contributed by atoms with Crippen LogP contribution in [0.4, 0.5) is 0 Å². The molecule has 0 fully saturated rings. The Balaban J connectivity index is 3.59. The third-order valence-corrected chi connectivity index (χ3v) is 4.17. The first kappa shape index (κ1) is 15.9. The Kier molecular flexibility index (Phi) is 4.29. The Labute approximate surface area is 117 Å². The number of halogens is 1. The first-order chi connectivity index (χ1) is 8.50. The highest BCUT2D eigenvalue weighted by molar-refractivity contribution is 7.89. The number of hydrogen-bond donors (Lipinski definition) is 2. The standard InChI is InChI=1S/C12H16ClNO4S/c1-12(2,3)11(16)8-5-7(13)6-9(10(8)15)19(17,18)14-4/h5-6,14-15H,1-4H3. The van der Waals surface area contributed by atoms with E-state index in [9.17, 15) is 18.3 Å². The average molecular weight is 306 g/mol. The normalized spacial score (nSPS) is 12.5. The maximum atomic E-state index is 12.2. The van der Waals surface area contributed by atoms with E-state index in [2.05, 4.69) is 4.72 Å². The fraction of sp³-hybridized carbons (Fsp3) is 0.417. The molecule has 0 aliphatic carbocycles. The van der Waals surface area contributed by atoms with Gasteiger partial charge in [-0.05, 0) is 19.2 Å². The maximum Gasteiger partial charge on any atom is 0.244 e. The van der Waals surface area contributed by atoms with Gasteiger partial charge in [-0.25, -0.2) is 13.1 Å². The van der Waals surface area contributed by atoms with Gasteiger partial charge in [-0.15, -0.1) is 0 Å². The lowest BCUT2D eigenvalue weighted by molar-refractivity contribution is 0.0855. The lowest BCUT2D eigenvalue weighted by Crippen LogP contribution is -2.23. The number of hydrogen-bond acceptors (Lipinski definition) is 4. The summed E-state index contributed by atoms with van der Waals surface area (Å²) in [6.45, 7) is 5.01. The molecule has 1 aromatic rings. The number of rotatable bonds is 3. The van der Waals surface area contributed by atoms with Gasteiger partial charge in [0, 0.05) is 10.4 Å². The number of Topliss-reactive ketones (excluding diaryl/α,β-unsaturated/α-hetero) is 1. The lowest BCUT2D eigenvalue weighted by atomic mass is 9.86. The third-order valence-electron chi connectivity index (χ3n) is 2.52. The van der Waals surface area contributed by atoms with Gasteiger partial charge in [0.25, 0.3) is 0 Å². The molecule has 2 N–H and O–H groups in total. The lowest BCUT2D eigenvalue weighted by Gasteiger charge is -2.18. The van der Waals surface area contributed by atoms with Gasteiger partial charge >= 0.3 is 0 Å². The fourth-order valence-electron chi connectivity index (χ4n) is 1.47. The van der Waals surface area contributed by atoms with Crippen LogP contribution in [0.2, 0.25) is 5.02 Å². The monoisotopic (exact) mass is 305 g/mol. The van der Waals surface area contributed by atoms with Crippen molar-refractivity contribution in [2.24, 2.45) is 5.41 Å². The van der Waals surface area contributed by atoms with Gasteiger partial charge in [-0.1, -0.05) is 32.4 Å². The summed E-state index contributed by atoms with van der Waals surface area (Å²) in [7, 11) is -2.68. The molecule has 0 aromatic heterocycles. The summed E-state index contributed by atoms with van der Waals surface area (Å²) in [4.78, 5) is 11.8. The number of aromatic hydroxyl groups is 1. The zero-order chi connectivity index (χ0) is 15.0. The second-order valence-corrected chi connectivity index (χ2v) is 7.38. The van der Waals surface area contributed by atoms with Crippen molar-refractivity contribution >= 4 is 27.4 Å². The molecular weight excluding hydrogens is 290 g/mol. The molecule has 5 nitrogen and oxygen atoms in total. The van der Waals surface area contributed by atoms with Gasteiger partial charge in [-0.2, -0.15) is 0 Å². The highest BCUT2D eigenvalue weighted by Crippen LogP contribution is 2.34. The molecule has 0 saturated carbocycles. The van der Waals surface area contributed by atoms with Crippen molar-refractivity contribution in [3.05, 3.63) is 22.7 Å². The van der Waals surface area contributed by atoms with E-state index in [4.69, 9.17) is 11.6 Å². The van der Waals surface area contributed by atoms with Crippen LogP contribution < -0.4 is 4.72 Å². The van der Waals surface area contributed by atoms with Crippen LogP contribution in [0.3, 0.4) is 0 Å². The summed E-state index contributed by atoms with van der Waals surface area (Å²) in [6, 6.07) is 2.36. The van der Waals surface area contributed by atoms with Crippen molar-refractivity contribution in [2.45, 2.75) is 25.7 Å². The topological polar surface area (TPSA) is 83.5 Å². The number of sulfonamides is 1. The maximum absolute atomic E-state index is 12.2. The van der Waals surface area contributed by atoms with E-state index in [-0.39, 0.29) is 16.4 Å². The van der Waals surface area contributed by atoms with Crippen LogP contribution in [0.5, 0.6) is 5.75 Å². The van der Waals surface area contributed by atoms with Crippen molar-refractivity contribution in [2.75, 3.05) is 7.05 Å². The summed E-state index contributed by atoms with van der Waals surface area (Å²) in [5.41, 5.74) is -0.864. The van der Waals surface area contributed by atoms with E-state index in [1.165, 1.54) is 13.1 Å². The van der Waals surface area contributed by atoms with E-state index in [1.54, 1.807) is 20.8 Å². The number of nitrogens with one attached hydrogen (secondary N) is 1. The SMILES string of the molecule is CNS(=O)(=O)c1cc(Cl)cc(C(=O)C(C)(C)C)c1O. The van der Waals surface area contributed by atoms with Gasteiger partial charge in [-0.3, -0.25) is 4.79 Å². The molecule has 0 saturated heterocycles. The number of benzene rings is 1. The summed E-state index contributed by atoms with van der Waals surface area (Å²) < 4.78 is 25.6. The summed E-state index contributed by atoms with van der Waals surface area (Å²) in [5.74, 6) is -0.973. The van der Waals surface area contributed by atoms with Crippen molar-refractivity contribution in [3.63, 3.8) is 0 Å². The van der Waals surface area contributed by atoms with Crippen molar-refractivity contribution in [1.29, 1.82) is 0 Å². The summed E-state index contributed by atoms with van der Waals surface area (Å²) >= 11 is 5.82. The molecule has 0 heterocycles. The van der Waals surface area contributed by atoms with Gasteiger partial charge < -0.3 is 5.11 Å². The second-order valence-electron chi connectivity index (χ2n) is 5.09. The highest BCUT2D eigenvalue weighted by atomic mass is 35.5. The molecule has 106 valence electrons. The second kappa shape index (κ2) is 5.11. The predicted molar refractivity (Wildman–Crippen MR) is 73.1 cm³/mol. The third kappa shape index (κ3) is 3.26. The molecule has 19 heavy (non-hydrogen) atoms. The minimum atomic E-state index is -3.89. The number of carbonyl (C=O) groups is 1. The molecule has 7 heteroatoms. The molecule has 1 rings (SSSR count). The minimum Gasteiger partial charge on any atom is -0.506 e. The zero-order valence-corrected chi connectivity index (χ0v) is 12.7. The van der Waals surface area contributed by atoms with Gasteiger partial charge in [0.15, 0.2) is 5.78 Å². The van der Waals surface area contributed by atoms with E-state index < -0.39 is 26.1 Å². The highest BCUT2D eigenvalue weighted by Gasteiger charge is 2.29. The first-order valence-corrected chi connectivity index (χ1v) is 7.37. The Hall–Kier alpha value is -1.11. The molecule has 1 aromatic carbocycles. The zero-order valence-electron chi connectivity index (χ0n) is 11.1. The van der Waals surface area contributed by atoms with E-state index in [0.29, 0.717) is 0 Å². The van der Waals surface area contributed by atoms with Crippen LogP contribution in [-0.2, 0) is 10.0 Å².